The number of thiazole rings is 1. The Morgan fingerprint density at radius 3 is 2.80 bits per heavy atom. The van der Waals surface area contributed by atoms with Crippen LogP contribution in [0.25, 0.3) is 10.9 Å². The third kappa shape index (κ3) is 4.97. The van der Waals surface area contributed by atoms with Gasteiger partial charge in [-0.3, -0.25) is 4.90 Å². The van der Waals surface area contributed by atoms with Crippen molar-refractivity contribution in [2.24, 2.45) is 0 Å². The number of ether oxygens (including phenoxy) is 3. The normalized spacial score (nSPS) is 14.7. The fourth-order valence-electron chi connectivity index (χ4n) is 3.36. The maximum Gasteiger partial charge on any atom is 0.188 e. The lowest BCUT2D eigenvalue weighted by molar-refractivity contribution is 0.0357. The molecule has 30 heavy (non-hydrogen) atoms. The highest BCUT2D eigenvalue weighted by Crippen LogP contribution is 2.35. The van der Waals surface area contributed by atoms with Crippen molar-refractivity contribution in [1.29, 1.82) is 0 Å². The van der Waals surface area contributed by atoms with E-state index in [2.05, 4.69) is 32.1 Å². The molecule has 9 heteroatoms. The fourth-order valence-corrected chi connectivity index (χ4v) is 4.11. The smallest absolute Gasteiger partial charge is 0.188 e. The molecule has 1 fully saturated rings. The number of anilines is 2. The molecule has 0 saturated carbocycles. The molecule has 4 rings (SSSR count). The molecule has 0 bridgehead atoms. The molecule has 8 nitrogen and oxygen atoms in total. The van der Waals surface area contributed by atoms with Gasteiger partial charge < -0.3 is 19.5 Å². The minimum Gasteiger partial charge on any atom is -0.493 e. The van der Waals surface area contributed by atoms with Gasteiger partial charge in [-0.1, -0.05) is 6.92 Å². The average molecular weight is 430 g/mol. The van der Waals surface area contributed by atoms with Gasteiger partial charge in [0.1, 0.15) is 12.1 Å². The molecule has 1 N–H and O–H groups in total. The van der Waals surface area contributed by atoms with E-state index in [1.54, 1.807) is 24.8 Å². The van der Waals surface area contributed by atoms with Crippen LogP contribution in [-0.2, 0) is 11.2 Å². The molecule has 0 amide bonds. The zero-order valence-electron chi connectivity index (χ0n) is 17.4. The van der Waals surface area contributed by atoms with Gasteiger partial charge in [-0.2, -0.15) is 0 Å². The van der Waals surface area contributed by atoms with E-state index >= 15 is 0 Å². The monoisotopic (exact) mass is 429 g/mol. The van der Waals surface area contributed by atoms with Crippen molar-refractivity contribution in [1.82, 2.24) is 19.9 Å². The number of aromatic nitrogens is 3. The molecular weight excluding hydrogens is 402 g/mol. The summed E-state index contributed by atoms with van der Waals surface area (Å²) in [5, 5.41) is 4.98. The first-order valence-corrected chi connectivity index (χ1v) is 11.1. The number of hydrogen-bond acceptors (Lipinski definition) is 9. The summed E-state index contributed by atoms with van der Waals surface area (Å²) in [6, 6.07) is 3.83. The van der Waals surface area contributed by atoms with E-state index in [4.69, 9.17) is 14.2 Å². The topological polar surface area (TPSA) is 81.6 Å². The highest BCUT2D eigenvalue weighted by atomic mass is 32.1. The predicted molar refractivity (Wildman–Crippen MR) is 118 cm³/mol. The van der Waals surface area contributed by atoms with Gasteiger partial charge in [0.05, 0.1) is 32.4 Å². The third-order valence-corrected chi connectivity index (χ3v) is 6.09. The summed E-state index contributed by atoms with van der Waals surface area (Å²) in [7, 11) is 1.65. The third-order valence-electron chi connectivity index (χ3n) is 5.03. The fraction of sp³-hybridized carbons (Fsp3) is 0.476. The van der Waals surface area contributed by atoms with Crippen molar-refractivity contribution in [2.75, 3.05) is 51.9 Å². The van der Waals surface area contributed by atoms with Crippen LogP contribution in [0.2, 0.25) is 0 Å². The molecule has 0 radical (unpaired) electrons. The molecule has 1 saturated heterocycles. The summed E-state index contributed by atoms with van der Waals surface area (Å²) in [5.41, 5.74) is 0.795. The maximum atomic E-state index is 6.03. The summed E-state index contributed by atoms with van der Waals surface area (Å²) >= 11 is 1.62. The second kappa shape index (κ2) is 10.0. The Bertz CT molecular complexity index is 974. The van der Waals surface area contributed by atoms with Crippen LogP contribution in [0.3, 0.4) is 0 Å². The first kappa shape index (κ1) is 20.8. The summed E-state index contributed by atoms with van der Waals surface area (Å²) < 4.78 is 17.0. The number of morpholine rings is 1. The first-order chi connectivity index (χ1) is 14.8. The zero-order chi connectivity index (χ0) is 20.8. The SMILES string of the molecule is CCc1cnc(Nc2ncnc3cc(OCCCN4CCOCC4)c(OC)cc23)s1. The molecular formula is C21H27N5O3S. The number of nitrogens with one attached hydrogen (secondary N) is 1. The van der Waals surface area contributed by atoms with Crippen molar-refractivity contribution >= 4 is 33.2 Å². The molecule has 0 spiro atoms. The Labute approximate surface area is 180 Å². The Balaban J connectivity index is 1.46. The van der Waals surface area contributed by atoms with Crippen LogP contribution in [0.1, 0.15) is 18.2 Å². The van der Waals surface area contributed by atoms with Crippen LogP contribution >= 0.6 is 11.3 Å². The van der Waals surface area contributed by atoms with E-state index in [1.165, 1.54) is 4.88 Å². The van der Waals surface area contributed by atoms with Gasteiger partial charge in [-0.15, -0.1) is 11.3 Å². The Hall–Kier alpha value is -2.49. The van der Waals surface area contributed by atoms with Crippen LogP contribution in [0.15, 0.2) is 24.7 Å². The van der Waals surface area contributed by atoms with E-state index in [1.807, 2.05) is 18.3 Å². The van der Waals surface area contributed by atoms with Crippen LogP contribution in [0, 0.1) is 0 Å². The molecule has 2 aromatic heterocycles. The van der Waals surface area contributed by atoms with Gasteiger partial charge >= 0.3 is 0 Å². The standard InChI is InChI=1S/C21H27N5O3S/c1-3-15-13-22-21(30-15)25-20-16-11-18(27-2)19(12-17(16)23-14-24-20)29-8-4-5-26-6-9-28-10-7-26/h11-14H,3-10H2,1-2H3,(H,22,23,24,25). The van der Waals surface area contributed by atoms with Crippen molar-refractivity contribution in [2.45, 2.75) is 19.8 Å². The van der Waals surface area contributed by atoms with E-state index in [0.717, 1.165) is 61.7 Å². The minimum absolute atomic E-state index is 0.619. The summed E-state index contributed by atoms with van der Waals surface area (Å²) in [6.45, 7) is 7.35. The first-order valence-electron chi connectivity index (χ1n) is 10.2. The van der Waals surface area contributed by atoms with E-state index in [9.17, 15) is 0 Å². The minimum atomic E-state index is 0.619. The van der Waals surface area contributed by atoms with Gasteiger partial charge in [0.15, 0.2) is 16.6 Å². The molecule has 160 valence electrons. The number of fused-ring (bicyclic) bond motifs is 1. The lowest BCUT2D eigenvalue weighted by Crippen LogP contribution is -2.37. The number of hydrogen-bond donors (Lipinski definition) is 1. The zero-order valence-corrected chi connectivity index (χ0v) is 18.2. The van der Waals surface area contributed by atoms with Gasteiger partial charge in [-0.25, -0.2) is 15.0 Å². The molecule has 3 aromatic rings. The molecule has 0 aliphatic carbocycles. The lowest BCUT2D eigenvalue weighted by Gasteiger charge is -2.26. The van der Waals surface area contributed by atoms with Crippen molar-refractivity contribution in [3.63, 3.8) is 0 Å². The Kier molecular flexibility index (Phi) is 6.93. The number of aryl methyl sites for hydroxylation is 1. The highest BCUT2D eigenvalue weighted by Gasteiger charge is 2.14. The van der Waals surface area contributed by atoms with Crippen LogP contribution in [0.4, 0.5) is 10.9 Å². The highest BCUT2D eigenvalue weighted by molar-refractivity contribution is 7.15. The molecule has 0 unspecified atom stereocenters. The average Bonchev–Trinajstić information content (AvgIpc) is 3.25. The van der Waals surface area contributed by atoms with E-state index in [-0.39, 0.29) is 0 Å². The Morgan fingerprint density at radius 1 is 1.17 bits per heavy atom. The summed E-state index contributed by atoms with van der Waals surface area (Å²) in [6.07, 6.45) is 5.35. The number of rotatable bonds is 9. The number of benzene rings is 1. The number of methoxy groups -OCH3 is 1. The predicted octanol–water partition coefficient (Wildman–Crippen LogP) is 3.50. The maximum absolute atomic E-state index is 6.03. The van der Waals surface area contributed by atoms with Crippen LogP contribution in [-0.4, -0.2) is 66.4 Å². The van der Waals surface area contributed by atoms with Crippen molar-refractivity contribution in [3.8, 4) is 11.5 Å². The quantitative estimate of drug-likeness (QED) is 0.518. The van der Waals surface area contributed by atoms with E-state index in [0.29, 0.717) is 23.9 Å². The molecule has 0 atom stereocenters. The van der Waals surface area contributed by atoms with Crippen LogP contribution in [0.5, 0.6) is 11.5 Å². The second-order valence-corrected chi connectivity index (χ2v) is 8.12. The Morgan fingerprint density at radius 2 is 2.03 bits per heavy atom. The van der Waals surface area contributed by atoms with Crippen molar-refractivity contribution in [3.05, 3.63) is 29.5 Å². The number of nitrogens with zero attached hydrogens (tertiary/aromatic N) is 4. The summed E-state index contributed by atoms with van der Waals surface area (Å²) in [4.78, 5) is 16.9. The molecule has 1 aliphatic rings. The van der Waals surface area contributed by atoms with Gasteiger partial charge in [0.25, 0.3) is 0 Å². The van der Waals surface area contributed by atoms with Gasteiger partial charge in [0, 0.05) is 42.2 Å². The second-order valence-electron chi connectivity index (χ2n) is 7.01. The lowest BCUT2D eigenvalue weighted by atomic mass is 10.2. The molecule has 1 aliphatic heterocycles. The molecule has 3 heterocycles. The van der Waals surface area contributed by atoms with Crippen molar-refractivity contribution < 1.29 is 14.2 Å². The molecule has 1 aromatic carbocycles. The van der Waals surface area contributed by atoms with E-state index < -0.39 is 0 Å². The summed E-state index contributed by atoms with van der Waals surface area (Å²) in [5.74, 6) is 2.06. The van der Waals surface area contributed by atoms with Gasteiger partial charge in [0.2, 0.25) is 0 Å². The van der Waals surface area contributed by atoms with Gasteiger partial charge in [-0.05, 0) is 18.9 Å². The largest absolute Gasteiger partial charge is 0.493 e. The van der Waals surface area contributed by atoms with Crippen LogP contribution < -0.4 is 14.8 Å².